The lowest BCUT2D eigenvalue weighted by Gasteiger charge is -2.18. The number of ether oxygens (including phenoxy) is 1. The van der Waals surface area contributed by atoms with E-state index in [1.165, 1.54) is 38.9 Å². The molecule has 0 unspecified atom stereocenters. The van der Waals surface area contributed by atoms with Crippen LogP contribution in [0.15, 0.2) is 0 Å². The Morgan fingerprint density at radius 3 is 2.44 bits per heavy atom. The van der Waals surface area contributed by atoms with Crippen LogP contribution in [0, 0.1) is 23.2 Å². The second-order valence-electron chi connectivity index (χ2n) is 5.49. The van der Waals surface area contributed by atoms with Crippen LogP contribution in [-0.2, 0) is 4.74 Å². The van der Waals surface area contributed by atoms with E-state index in [1.54, 1.807) is 0 Å². The molecule has 0 radical (unpaired) electrons. The van der Waals surface area contributed by atoms with Crippen LogP contribution in [0.2, 0.25) is 0 Å². The highest BCUT2D eigenvalue weighted by Gasteiger charge is 2.52. The first-order chi connectivity index (χ1) is 7.88. The van der Waals surface area contributed by atoms with Crippen LogP contribution in [0.1, 0.15) is 32.1 Å². The Morgan fingerprint density at radius 2 is 1.81 bits per heavy atom. The molecule has 3 saturated heterocycles. The topological polar surface area (TPSA) is 36.3 Å². The van der Waals surface area contributed by atoms with Gasteiger partial charge in [-0.2, -0.15) is 5.26 Å². The molecule has 0 spiro atoms. The van der Waals surface area contributed by atoms with Gasteiger partial charge in [0, 0.05) is 31.3 Å². The van der Waals surface area contributed by atoms with E-state index < -0.39 is 0 Å². The summed E-state index contributed by atoms with van der Waals surface area (Å²) < 4.78 is 5.96. The van der Waals surface area contributed by atoms with E-state index in [-0.39, 0.29) is 0 Å². The highest BCUT2D eigenvalue weighted by atomic mass is 16.5. The molecule has 3 fully saturated rings. The molecule has 16 heavy (non-hydrogen) atoms. The second kappa shape index (κ2) is 4.35. The maximum atomic E-state index is 8.49. The Hall–Kier alpha value is -0.590. The van der Waals surface area contributed by atoms with E-state index in [4.69, 9.17) is 10.00 Å². The lowest BCUT2D eigenvalue weighted by Crippen LogP contribution is -2.25. The zero-order chi connectivity index (χ0) is 11.0. The maximum absolute atomic E-state index is 8.49. The number of nitrogens with zero attached hydrogens (tertiary/aromatic N) is 2. The predicted molar refractivity (Wildman–Crippen MR) is 60.8 cm³/mol. The van der Waals surface area contributed by atoms with Crippen molar-refractivity contribution in [3.8, 4) is 6.07 Å². The predicted octanol–water partition coefficient (Wildman–Crippen LogP) is 1.79. The van der Waals surface area contributed by atoms with Crippen LogP contribution in [0.25, 0.3) is 0 Å². The third-order valence-electron chi connectivity index (χ3n) is 4.54. The van der Waals surface area contributed by atoms with Gasteiger partial charge in [-0.05, 0) is 32.2 Å². The summed E-state index contributed by atoms with van der Waals surface area (Å²) in [5.74, 6) is 1.66. The number of hydrogen-bond donors (Lipinski definition) is 0. The summed E-state index contributed by atoms with van der Waals surface area (Å²) in [6, 6.07) is 2.22. The summed E-state index contributed by atoms with van der Waals surface area (Å²) in [7, 11) is 0. The summed E-state index contributed by atoms with van der Waals surface area (Å²) in [5, 5.41) is 8.49. The van der Waals surface area contributed by atoms with Crippen molar-refractivity contribution in [1.29, 1.82) is 5.26 Å². The molecule has 0 aliphatic carbocycles. The maximum Gasteiger partial charge on any atom is 0.0624 e. The largest absolute Gasteiger partial charge is 0.374 e. The fourth-order valence-corrected chi connectivity index (χ4v) is 3.77. The van der Waals surface area contributed by atoms with E-state index in [2.05, 4.69) is 11.0 Å². The third kappa shape index (κ3) is 1.74. The molecule has 0 saturated carbocycles. The quantitative estimate of drug-likeness (QED) is 0.678. The fraction of sp³-hybridized carbons (Fsp3) is 0.923. The van der Waals surface area contributed by atoms with Gasteiger partial charge in [0.25, 0.3) is 0 Å². The van der Waals surface area contributed by atoms with Crippen LogP contribution < -0.4 is 0 Å². The normalized spacial score (nSPS) is 41.2. The van der Waals surface area contributed by atoms with Crippen molar-refractivity contribution in [1.82, 2.24) is 4.90 Å². The molecule has 3 heteroatoms. The summed E-state index contributed by atoms with van der Waals surface area (Å²) in [5.41, 5.74) is 0. The van der Waals surface area contributed by atoms with Gasteiger partial charge in [-0.25, -0.2) is 0 Å². The van der Waals surface area contributed by atoms with E-state index in [0.717, 1.165) is 24.7 Å². The van der Waals surface area contributed by atoms with E-state index in [0.29, 0.717) is 12.2 Å². The SMILES string of the molecule is N#CCCCCN1C[C@@H]2[C@H](C1)[C@H]1CC[C@H]2O1. The van der Waals surface area contributed by atoms with Crippen molar-refractivity contribution in [2.45, 2.75) is 44.3 Å². The van der Waals surface area contributed by atoms with Gasteiger partial charge in [-0.1, -0.05) is 0 Å². The van der Waals surface area contributed by atoms with Crippen molar-refractivity contribution >= 4 is 0 Å². The number of unbranched alkanes of at least 4 members (excludes halogenated alkanes) is 2. The first kappa shape index (κ1) is 10.6. The molecule has 0 aromatic carbocycles. The number of likely N-dealkylation sites (tertiary alicyclic amines) is 1. The number of nitriles is 1. The highest BCUT2D eigenvalue weighted by molar-refractivity contribution is 5.02. The molecule has 0 aromatic heterocycles. The zero-order valence-electron chi connectivity index (χ0n) is 9.77. The van der Waals surface area contributed by atoms with Gasteiger partial charge in [0.1, 0.15) is 0 Å². The van der Waals surface area contributed by atoms with Gasteiger partial charge in [-0.3, -0.25) is 0 Å². The van der Waals surface area contributed by atoms with Crippen LogP contribution in [0.5, 0.6) is 0 Å². The molecular weight excluding hydrogens is 200 g/mol. The monoisotopic (exact) mass is 220 g/mol. The van der Waals surface area contributed by atoms with E-state index >= 15 is 0 Å². The fourth-order valence-electron chi connectivity index (χ4n) is 3.77. The lowest BCUT2D eigenvalue weighted by atomic mass is 9.82. The van der Waals surface area contributed by atoms with Gasteiger partial charge in [0.05, 0.1) is 18.3 Å². The van der Waals surface area contributed by atoms with Gasteiger partial charge in [0.2, 0.25) is 0 Å². The molecule has 3 aliphatic rings. The van der Waals surface area contributed by atoms with E-state index in [9.17, 15) is 0 Å². The Labute approximate surface area is 97.4 Å². The molecule has 0 N–H and O–H groups in total. The lowest BCUT2D eigenvalue weighted by molar-refractivity contribution is 0.0704. The highest BCUT2D eigenvalue weighted by Crippen LogP contribution is 2.47. The molecule has 4 atom stereocenters. The van der Waals surface area contributed by atoms with Gasteiger partial charge in [0.15, 0.2) is 0 Å². The first-order valence-electron chi connectivity index (χ1n) is 6.63. The van der Waals surface area contributed by atoms with Crippen molar-refractivity contribution in [2.75, 3.05) is 19.6 Å². The minimum absolute atomic E-state index is 0.583. The smallest absolute Gasteiger partial charge is 0.0624 e. The summed E-state index contributed by atoms with van der Waals surface area (Å²) >= 11 is 0. The molecule has 3 aliphatic heterocycles. The standard InChI is InChI=1S/C13H20N2O/c14-6-2-1-3-7-15-8-10-11(9-15)13-5-4-12(10)16-13/h10-13H,1-5,7-9H2/t10-,11+,12-,13-/m1/s1. The molecule has 3 heterocycles. The zero-order valence-corrected chi connectivity index (χ0v) is 9.77. The van der Waals surface area contributed by atoms with Gasteiger partial charge >= 0.3 is 0 Å². The Balaban J connectivity index is 1.46. The van der Waals surface area contributed by atoms with Crippen molar-refractivity contribution in [3.05, 3.63) is 0 Å². The molecule has 3 rings (SSSR count). The minimum atomic E-state index is 0.583. The number of fused-ring (bicyclic) bond motifs is 5. The van der Waals surface area contributed by atoms with Crippen LogP contribution >= 0.6 is 0 Å². The first-order valence-corrected chi connectivity index (χ1v) is 6.63. The summed E-state index contributed by atoms with van der Waals surface area (Å²) in [4.78, 5) is 2.60. The number of rotatable bonds is 4. The summed E-state index contributed by atoms with van der Waals surface area (Å²) in [6.07, 6.45) is 6.73. The van der Waals surface area contributed by atoms with Gasteiger partial charge < -0.3 is 9.64 Å². The molecular formula is C13H20N2O. The molecule has 88 valence electrons. The third-order valence-corrected chi connectivity index (χ3v) is 4.54. The Bertz CT molecular complexity index is 281. The number of hydrogen-bond acceptors (Lipinski definition) is 3. The van der Waals surface area contributed by atoms with Crippen molar-refractivity contribution < 1.29 is 4.74 Å². The molecule has 0 amide bonds. The van der Waals surface area contributed by atoms with Crippen molar-refractivity contribution in [3.63, 3.8) is 0 Å². The average Bonchev–Trinajstić information content (AvgIpc) is 2.95. The van der Waals surface area contributed by atoms with Gasteiger partial charge in [-0.15, -0.1) is 0 Å². The Kier molecular flexibility index (Phi) is 2.87. The van der Waals surface area contributed by atoms with Crippen molar-refractivity contribution in [2.24, 2.45) is 11.8 Å². The average molecular weight is 220 g/mol. The minimum Gasteiger partial charge on any atom is -0.374 e. The van der Waals surface area contributed by atoms with Crippen LogP contribution in [-0.4, -0.2) is 36.7 Å². The Morgan fingerprint density at radius 1 is 1.12 bits per heavy atom. The molecule has 2 bridgehead atoms. The van der Waals surface area contributed by atoms with Crippen LogP contribution in [0.3, 0.4) is 0 Å². The summed E-state index contributed by atoms with van der Waals surface area (Å²) in [6.45, 7) is 3.69. The van der Waals surface area contributed by atoms with Crippen LogP contribution in [0.4, 0.5) is 0 Å². The molecule has 3 nitrogen and oxygen atoms in total. The second-order valence-corrected chi connectivity index (χ2v) is 5.49. The molecule has 0 aromatic rings. The van der Waals surface area contributed by atoms with E-state index in [1.807, 2.05) is 0 Å².